The summed E-state index contributed by atoms with van der Waals surface area (Å²) in [6.45, 7) is 11.1. The van der Waals surface area contributed by atoms with Crippen LogP contribution in [0.15, 0.2) is 41.5 Å². The van der Waals surface area contributed by atoms with Crippen molar-refractivity contribution in [1.82, 2.24) is 14.7 Å². The number of alkyl halides is 3. The second kappa shape index (κ2) is 15.4. The highest BCUT2D eigenvalue weighted by Gasteiger charge is 2.35. The van der Waals surface area contributed by atoms with Crippen LogP contribution >= 0.6 is 0 Å². The summed E-state index contributed by atoms with van der Waals surface area (Å²) >= 11 is 0. The van der Waals surface area contributed by atoms with Crippen molar-refractivity contribution < 1.29 is 36.7 Å². The van der Waals surface area contributed by atoms with Crippen molar-refractivity contribution in [1.29, 1.82) is 0 Å². The molecule has 0 aliphatic carbocycles. The number of pyridine rings is 1. The first-order valence-corrected chi connectivity index (χ1v) is 13.3. The van der Waals surface area contributed by atoms with E-state index in [4.69, 9.17) is 9.15 Å². The molecule has 8 nitrogen and oxygen atoms in total. The molecule has 0 saturated carbocycles. The molecule has 3 rings (SSSR count). The third-order valence-corrected chi connectivity index (χ3v) is 5.84. The van der Waals surface area contributed by atoms with Crippen LogP contribution in [0.3, 0.4) is 0 Å². The molecule has 41 heavy (non-hydrogen) atoms. The molecule has 0 aliphatic rings. The summed E-state index contributed by atoms with van der Waals surface area (Å²) in [4.78, 5) is 40.6. The summed E-state index contributed by atoms with van der Waals surface area (Å²) in [5.74, 6) is -0.943. The molecule has 0 spiro atoms. The molecule has 0 fully saturated rings. The SMILES string of the molecule is C.CC.CC(=O)C(CCCCNC(=O)OC(C)(C)C)CC(=O)Cc1cn2cc(-c3ccoc3)cc(C(F)(F)F)c2n1. The fourth-order valence-electron chi connectivity index (χ4n) is 4.05. The summed E-state index contributed by atoms with van der Waals surface area (Å²) in [6.07, 6.45) is 1.88. The second-order valence-electron chi connectivity index (χ2n) is 10.3. The Labute approximate surface area is 239 Å². The van der Waals surface area contributed by atoms with Gasteiger partial charge in [-0.05, 0) is 52.7 Å². The van der Waals surface area contributed by atoms with Crippen LogP contribution in [0.1, 0.15) is 85.9 Å². The Morgan fingerprint density at radius 1 is 1.10 bits per heavy atom. The van der Waals surface area contributed by atoms with Crippen LogP contribution in [0.2, 0.25) is 0 Å². The van der Waals surface area contributed by atoms with Crippen molar-refractivity contribution in [2.75, 3.05) is 6.54 Å². The molecule has 0 aromatic carbocycles. The molecule has 0 bridgehead atoms. The molecule has 1 atom stereocenters. The average Bonchev–Trinajstić information content (AvgIpc) is 3.51. The number of hydrogen-bond donors (Lipinski definition) is 1. The van der Waals surface area contributed by atoms with Gasteiger partial charge in [0, 0.05) is 42.4 Å². The zero-order valence-corrected chi connectivity index (χ0v) is 23.9. The Morgan fingerprint density at radius 3 is 2.34 bits per heavy atom. The number of nitrogens with one attached hydrogen (secondary N) is 1. The van der Waals surface area contributed by atoms with E-state index >= 15 is 0 Å². The number of carbonyl (C=O) groups excluding carboxylic acids is 3. The van der Waals surface area contributed by atoms with Crippen LogP contribution in [0, 0.1) is 5.92 Å². The van der Waals surface area contributed by atoms with Gasteiger partial charge in [0.05, 0.1) is 30.2 Å². The third-order valence-electron chi connectivity index (χ3n) is 5.84. The minimum absolute atomic E-state index is 0. The predicted molar refractivity (Wildman–Crippen MR) is 152 cm³/mol. The largest absolute Gasteiger partial charge is 0.472 e. The highest BCUT2D eigenvalue weighted by atomic mass is 19.4. The molecule has 0 aliphatic heterocycles. The minimum Gasteiger partial charge on any atom is -0.472 e. The van der Waals surface area contributed by atoms with E-state index in [1.807, 2.05) is 13.8 Å². The van der Waals surface area contributed by atoms with Crippen LogP contribution in [0.5, 0.6) is 0 Å². The summed E-state index contributed by atoms with van der Waals surface area (Å²) < 4.78 is 52.7. The Bertz CT molecular complexity index is 1280. The normalized spacial score (nSPS) is 12.1. The number of amides is 1. The van der Waals surface area contributed by atoms with Crippen molar-refractivity contribution in [2.24, 2.45) is 5.92 Å². The van der Waals surface area contributed by atoms with Crippen LogP contribution in [0.4, 0.5) is 18.0 Å². The lowest BCUT2D eigenvalue weighted by Gasteiger charge is -2.19. The zero-order valence-electron chi connectivity index (χ0n) is 23.9. The first-order chi connectivity index (χ1) is 18.7. The van der Waals surface area contributed by atoms with Crippen LogP contribution in [-0.4, -0.2) is 39.2 Å². The number of imidazole rings is 1. The Kier molecular flexibility index (Phi) is 13.3. The predicted octanol–water partition coefficient (Wildman–Crippen LogP) is 7.68. The van der Waals surface area contributed by atoms with E-state index in [-0.39, 0.29) is 43.2 Å². The molecule has 3 heterocycles. The van der Waals surface area contributed by atoms with Gasteiger partial charge in [-0.25, -0.2) is 9.78 Å². The molecular weight excluding hydrogens is 539 g/mol. The van der Waals surface area contributed by atoms with Gasteiger partial charge in [-0.2, -0.15) is 13.2 Å². The highest BCUT2D eigenvalue weighted by molar-refractivity contribution is 5.87. The van der Waals surface area contributed by atoms with Gasteiger partial charge in [0.25, 0.3) is 0 Å². The maximum Gasteiger partial charge on any atom is 0.420 e. The number of rotatable bonds is 11. The van der Waals surface area contributed by atoms with Gasteiger partial charge in [0.1, 0.15) is 22.8 Å². The minimum atomic E-state index is -4.65. The quantitative estimate of drug-likeness (QED) is 0.233. The smallest absolute Gasteiger partial charge is 0.420 e. The van der Waals surface area contributed by atoms with Gasteiger partial charge in [-0.3, -0.25) is 9.59 Å². The van der Waals surface area contributed by atoms with Crippen LogP contribution in [0.25, 0.3) is 16.8 Å². The molecular formula is C30H42F3N3O5. The van der Waals surface area contributed by atoms with Crippen molar-refractivity contribution in [3.05, 3.63) is 48.3 Å². The number of carbonyl (C=O) groups is 3. The highest BCUT2D eigenvalue weighted by Crippen LogP contribution is 2.35. The Hall–Kier alpha value is -3.63. The monoisotopic (exact) mass is 581 g/mol. The molecule has 3 aromatic heterocycles. The molecule has 11 heteroatoms. The van der Waals surface area contributed by atoms with Gasteiger partial charge in [0.2, 0.25) is 0 Å². The lowest BCUT2D eigenvalue weighted by Crippen LogP contribution is -2.33. The number of furan rings is 1. The van der Waals surface area contributed by atoms with E-state index in [9.17, 15) is 27.6 Å². The van der Waals surface area contributed by atoms with E-state index in [0.29, 0.717) is 36.9 Å². The number of aromatic nitrogens is 2. The molecule has 228 valence electrons. The van der Waals surface area contributed by atoms with Crippen molar-refractivity contribution in [3.8, 4) is 11.1 Å². The number of alkyl carbamates (subject to hydrolysis) is 1. The molecule has 1 unspecified atom stereocenters. The molecule has 1 amide bonds. The second-order valence-corrected chi connectivity index (χ2v) is 10.3. The molecule has 3 aromatic rings. The summed E-state index contributed by atoms with van der Waals surface area (Å²) in [5.41, 5.74) is -0.846. The summed E-state index contributed by atoms with van der Waals surface area (Å²) in [5, 5.41) is 2.65. The standard InChI is InChI=1S/C27H32F3N3O5.C2H6.CH4/c1-17(34)18(7-5-6-9-31-25(36)38-26(2,3)4)11-22(35)13-21-15-33-14-20(19-8-10-37-16-19)12-23(24(33)32-21)27(28,29)30;1-2;/h8,10,12,14-16,18H,5-7,9,11,13H2,1-4H3,(H,31,36);1-2H3;1H4. The van der Waals surface area contributed by atoms with E-state index in [2.05, 4.69) is 10.3 Å². The number of unbranched alkanes of at least 4 members (excludes halogenated alkanes) is 1. The third kappa shape index (κ3) is 11.0. The maximum absolute atomic E-state index is 13.8. The van der Waals surface area contributed by atoms with E-state index in [0.717, 1.165) is 6.07 Å². The van der Waals surface area contributed by atoms with Gasteiger partial charge >= 0.3 is 12.3 Å². The van der Waals surface area contributed by atoms with E-state index in [1.165, 1.54) is 36.2 Å². The number of ether oxygens (including phenoxy) is 1. The lowest BCUT2D eigenvalue weighted by molar-refractivity contribution is -0.136. The number of halogens is 3. The maximum atomic E-state index is 13.8. The van der Waals surface area contributed by atoms with Gasteiger partial charge in [-0.15, -0.1) is 0 Å². The Balaban J connectivity index is 0.00000274. The van der Waals surface area contributed by atoms with E-state index < -0.39 is 29.4 Å². The molecule has 1 N–H and O–H groups in total. The first kappa shape index (κ1) is 35.4. The molecule has 0 saturated heterocycles. The number of hydrogen-bond acceptors (Lipinski definition) is 6. The summed E-state index contributed by atoms with van der Waals surface area (Å²) in [6, 6.07) is 2.56. The van der Waals surface area contributed by atoms with Crippen LogP contribution < -0.4 is 5.32 Å². The average molecular weight is 582 g/mol. The van der Waals surface area contributed by atoms with Crippen LogP contribution in [-0.2, 0) is 26.9 Å². The van der Waals surface area contributed by atoms with Gasteiger partial charge in [-0.1, -0.05) is 27.7 Å². The van der Waals surface area contributed by atoms with Crippen molar-refractivity contribution in [2.45, 2.75) is 92.9 Å². The number of ketones is 2. The Morgan fingerprint density at radius 2 is 1.78 bits per heavy atom. The first-order valence-electron chi connectivity index (χ1n) is 13.3. The number of fused-ring (bicyclic) bond motifs is 1. The van der Waals surface area contributed by atoms with Gasteiger partial charge < -0.3 is 18.9 Å². The number of nitrogens with zero attached hydrogens (tertiary/aromatic N) is 2. The van der Waals surface area contributed by atoms with Crippen molar-refractivity contribution in [3.63, 3.8) is 0 Å². The van der Waals surface area contributed by atoms with Gasteiger partial charge in [0.15, 0.2) is 0 Å². The topological polar surface area (TPSA) is 103 Å². The zero-order chi connectivity index (χ0) is 30.1. The fourth-order valence-corrected chi connectivity index (χ4v) is 4.05. The fraction of sp³-hybridized carbons (Fsp3) is 0.533. The van der Waals surface area contributed by atoms with Crippen molar-refractivity contribution >= 4 is 23.3 Å². The lowest BCUT2D eigenvalue weighted by atomic mass is 9.91. The van der Waals surface area contributed by atoms with E-state index in [1.54, 1.807) is 26.8 Å². The molecule has 0 radical (unpaired) electrons. The summed E-state index contributed by atoms with van der Waals surface area (Å²) in [7, 11) is 0. The number of Topliss-reactive ketones (excluding diaryl/α,β-unsaturated/α-hetero) is 2.